The standard InChI is InChI=1S/C18H18N2/c1-2-6-13(7-3-1)16-10-18(16)20-12-14-11-19-17-9-5-4-8-15(14)17/h1-9,11,14,16,18,20H,10,12H2. The number of benzene rings is 2. The van der Waals surface area contributed by atoms with E-state index in [0.29, 0.717) is 17.9 Å². The Balaban J connectivity index is 1.36. The molecule has 1 N–H and O–H groups in total. The molecule has 2 heteroatoms. The fourth-order valence-corrected chi connectivity index (χ4v) is 3.10. The Hall–Kier alpha value is -1.93. The smallest absolute Gasteiger partial charge is 0.0665 e. The van der Waals surface area contributed by atoms with Crippen molar-refractivity contribution in [2.75, 3.05) is 6.54 Å². The molecule has 1 saturated carbocycles. The lowest BCUT2D eigenvalue weighted by atomic mass is 10.0. The first kappa shape index (κ1) is 11.9. The monoisotopic (exact) mass is 262 g/mol. The van der Waals surface area contributed by atoms with Gasteiger partial charge in [0.15, 0.2) is 0 Å². The molecule has 0 bridgehead atoms. The number of hydrogen-bond donors (Lipinski definition) is 1. The molecule has 0 aromatic heterocycles. The van der Waals surface area contributed by atoms with Crippen molar-refractivity contribution in [2.45, 2.75) is 24.3 Å². The first-order valence-electron chi connectivity index (χ1n) is 7.33. The Bertz CT molecular complexity index is 633. The molecule has 0 spiro atoms. The molecule has 1 aliphatic carbocycles. The van der Waals surface area contributed by atoms with Gasteiger partial charge in [-0.25, -0.2) is 0 Å². The predicted molar refractivity (Wildman–Crippen MR) is 82.9 cm³/mol. The van der Waals surface area contributed by atoms with E-state index in [9.17, 15) is 0 Å². The van der Waals surface area contributed by atoms with Crippen LogP contribution in [-0.4, -0.2) is 18.8 Å². The van der Waals surface area contributed by atoms with Crippen LogP contribution >= 0.6 is 0 Å². The highest BCUT2D eigenvalue weighted by molar-refractivity contribution is 5.80. The molecular weight excluding hydrogens is 244 g/mol. The largest absolute Gasteiger partial charge is 0.312 e. The van der Waals surface area contributed by atoms with E-state index in [4.69, 9.17) is 0 Å². The van der Waals surface area contributed by atoms with Gasteiger partial charge < -0.3 is 5.32 Å². The molecule has 1 fully saturated rings. The molecule has 0 saturated heterocycles. The fraction of sp³-hybridized carbons (Fsp3) is 0.278. The van der Waals surface area contributed by atoms with Crippen LogP contribution in [-0.2, 0) is 0 Å². The molecule has 1 aliphatic heterocycles. The Morgan fingerprint density at radius 3 is 2.70 bits per heavy atom. The molecule has 0 radical (unpaired) electrons. The van der Waals surface area contributed by atoms with Gasteiger partial charge in [-0.3, -0.25) is 4.99 Å². The number of rotatable bonds is 4. The van der Waals surface area contributed by atoms with Gasteiger partial charge in [0.25, 0.3) is 0 Å². The molecule has 20 heavy (non-hydrogen) atoms. The van der Waals surface area contributed by atoms with Crippen molar-refractivity contribution in [1.29, 1.82) is 0 Å². The fourth-order valence-electron chi connectivity index (χ4n) is 3.10. The first-order valence-corrected chi connectivity index (χ1v) is 7.33. The van der Waals surface area contributed by atoms with Crippen molar-refractivity contribution in [3.05, 3.63) is 65.7 Å². The molecular formula is C18H18N2. The SMILES string of the molecule is C1=Nc2ccccc2C1CNC1CC1c1ccccc1. The van der Waals surface area contributed by atoms with Gasteiger partial charge in [0.05, 0.1) is 5.69 Å². The number of hydrogen-bond acceptors (Lipinski definition) is 2. The second-order valence-corrected chi connectivity index (χ2v) is 5.71. The van der Waals surface area contributed by atoms with Gasteiger partial charge in [0.1, 0.15) is 0 Å². The molecule has 3 atom stereocenters. The van der Waals surface area contributed by atoms with Crippen LogP contribution in [0.4, 0.5) is 5.69 Å². The third-order valence-electron chi connectivity index (χ3n) is 4.35. The van der Waals surface area contributed by atoms with E-state index in [2.05, 4.69) is 71.1 Å². The van der Waals surface area contributed by atoms with Gasteiger partial charge in [-0.15, -0.1) is 0 Å². The van der Waals surface area contributed by atoms with Gasteiger partial charge in [-0.1, -0.05) is 48.5 Å². The van der Waals surface area contributed by atoms with Crippen molar-refractivity contribution >= 4 is 11.9 Å². The van der Waals surface area contributed by atoms with Crippen molar-refractivity contribution in [2.24, 2.45) is 4.99 Å². The second-order valence-electron chi connectivity index (χ2n) is 5.71. The maximum Gasteiger partial charge on any atom is 0.0665 e. The molecule has 100 valence electrons. The van der Waals surface area contributed by atoms with Crippen molar-refractivity contribution in [3.8, 4) is 0 Å². The quantitative estimate of drug-likeness (QED) is 0.894. The summed E-state index contributed by atoms with van der Waals surface area (Å²) in [5, 5.41) is 3.70. The van der Waals surface area contributed by atoms with Gasteiger partial charge in [-0.05, 0) is 23.6 Å². The molecule has 2 aromatic rings. The van der Waals surface area contributed by atoms with E-state index < -0.39 is 0 Å². The Morgan fingerprint density at radius 2 is 1.80 bits per heavy atom. The highest BCUT2D eigenvalue weighted by Crippen LogP contribution is 2.41. The van der Waals surface area contributed by atoms with E-state index in [0.717, 1.165) is 12.2 Å². The molecule has 2 aromatic carbocycles. The van der Waals surface area contributed by atoms with Gasteiger partial charge >= 0.3 is 0 Å². The minimum Gasteiger partial charge on any atom is -0.312 e. The molecule has 1 heterocycles. The van der Waals surface area contributed by atoms with E-state index in [1.807, 2.05) is 0 Å². The van der Waals surface area contributed by atoms with Crippen molar-refractivity contribution < 1.29 is 0 Å². The summed E-state index contributed by atoms with van der Waals surface area (Å²) in [6, 6.07) is 19.9. The van der Waals surface area contributed by atoms with Gasteiger partial charge in [-0.2, -0.15) is 0 Å². The van der Waals surface area contributed by atoms with Crippen LogP contribution in [0.5, 0.6) is 0 Å². The van der Waals surface area contributed by atoms with Crippen molar-refractivity contribution in [3.63, 3.8) is 0 Å². The molecule has 2 nitrogen and oxygen atoms in total. The summed E-state index contributed by atoms with van der Waals surface area (Å²) >= 11 is 0. The van der Waals surface area contributed by atoms with Gasteiger partial charge in [0.2, 0.25) is 0 Å². The molecule has 2 aliphatic rings. The van der Waals surface area contributed by atoms with E-state index in [-0.39, 0.29) is 0 Å². The Labute approximate surface area is 119 Å². The lowest BCUT2D eigenvalue weighted by molar-refractivity contribution is 0.654. The lowest BCUT2D eigenvalue weighted by Crippen LogP contribution is -2.24. The third-order valence-corrected chi connectivity index (χ3v) is 4.35. The zero-order chi connectivity index (χ0) is 13.4. The number of nitrogens with zero attached hydrogens (tertiary/aromatic N) is 1. The lowest BCUT2D eigenvalue weighted by Gasteiger charge is -2.10. The third kappa shape index (κ3) is 2.16. The summed E-state index contributed by atoms with van der Waals surface area (Å²) in [7, 11) is 0. The maximum atomic E-state index is 4.49. The second kappa shape index (κ2) is 4.88. The zero-order valence-electron chi connectivity index (χ0n) is 11.4. The highest BCUT2D eigenvalue weighted by atomic mass is 15.0. The molecule has 4 rings (SSSR count). The summed E-state index contributed by atoms with van der Waals surface area (Å²) < 4.78 is 0. The van der Waals surface area contributed by atoms with E-state index in [1.165, 1.54) is 17.5 Å². The summed E-state index contributed by atoms with van der Waals surface area (Å²) in [6.07, 6.45) is 3.34. The number of para-hydroxylation sites is 1. The molecule has 0 amide bonds. The summed E-state index contributed by atoms with van der Waals surface area (Å²) in [6.45, 7) is 0.995. The van der Waals surface area contributed by atoms with Crippen LogP contribution < -0.4 is 5.32 Å². The number of nitrogens with one attached hydrogen (secondary N) is 1. The normalized spacial score (nSPS) is 26.5. The average molecular weight is 262 g/mol. The zero-order valence-corrected chi connectivity index (χ0v) is 11.4. The van der Waals surface area contributed by atoms with Crippen LogP contribution in [0.15, 0.2) is 59.6 Å². The van der Waals surface area contributed by atoms with Crippen LogP contribution in [0.25, 0.3) is 0 Å². The van der Waals surface area contributed by atoms with Gasteiger partial charge in [0, 0.05) is 30.6 Å². The van der Waals surface area contributed by atoms with Crippen LogP contribution in [0.3, 0.4) is 0 Å². The van der Waals surface area contributed by atoms with Crippen molar-refractivity contribution in [1.82, 2.24) is 5.32 Å². The number of fused-ring (bicyclic) bond motifs is 1. The summed E-state index contributed by atoms with van der Waals surface area (Å²) in [4.78, 5) is 4.49. The topological polar surface area (TPSA) is 24.4 Å². The minimum atomic E-state index is 0.434. The first-order chi connectivity index (χ1) is 9.92. The Morgan fingerprint density at radius 1 is 1.00 bits per heavy atom. The van der Waals surface area contributed by atoms with Crippen LogP contribution in [0, 0.1) is 0 Å². The number of aliphatic imine (C=N–C) groups is 1. The van der Waals surface area contributed by atoms with E-state index in [1.54, 1.807) is 0 Å². The van der Waals surface area contributed by atoms with Crippen LogP contribution in [0.1, 0.15) is 29.4 Å². The minimum absolute atomic E-state index is 0.434. The summed E-state index contributed by atoms with van der Waals surface area (Å²) in [5.41, 5.74) is 3.96. The van der Waals surface area contributed by atoms with E-state index >= 15 is 0 Å². The highest BCUT2D eigenvalue weighted by Gasteiger charge is 2.38. The molecule has 3 unspecified atom stereocenters. The predicted octanol–water partition coefficient (Wildman–Crippen LogP) is 3.63. The maximum absolute atomic E-state index is 4.49. The van der Waals surface area contributed by atoms with Crippen LogP contribution in [0.2, 0.25) is 0 Å². The Kier molecular flexibility index (Phi) is 2.89. The summed E-state index contributed by atoms with van der Waals surface area (Å²) in [5.74, 6) is 1.13. The average Bonchev–Trinajstić information content (AvgIpc) is 3.18.